The minimum Gasteiger partial charge on any atom is -0.452 e. The molecule has 0 atom stereocenters. The number of esters is 1. The molecule has 1 aromatic rings. The Morgan fingerprint density at radius 1 is 1.09 bits per heavy atom. The van der Waals surface area contributed by atoms with Crippen LogP contribution in [0.5, 0.6) is 0 Å². The summed E-state index contributed by atoms with van der Waals surface area (Å²) in [6.07, 6.45) is 2.66. The summed E-state index contributed by atoms with van der Waals surface area (Å²) in [6, 6.07) is 6.38. The SMILES string of the molecule is CCCCNC(=O)NC(=O)COC(=O)c1ccc(CC)cc1. The molecule has 3 amide bonds. The summed E-state index contributed by atoms with van der Waals surface area (Å²) < 4.78 is 4.86. The van der Waals surface area contributed by atoms with E-state index in [2.05, 4.69) is 10.6 Å². The minimum absolute atomic E-state index is 0.373. The lowest BCUT2D eigenvalue weighted by molar-refractivity contribution is -0.123. The Morgan fingerprint density at radius 3 is 2.36 bits per heavy atom. The number of urea groups is 1. The highest BCUT2D eigenvalue weighted by Gasteiger charge is 2.12. The third-order valence-corrected chi connectivity index (χ3v) is 3.00. The first-order valence-electron chi connectivity index (χ1n) is 7.40. The van der Waals surface area contributed by atoms with Gasteiger partial charge in [-0.2, -0.15) is 0 Å². The van der Waals surface area contributed by atoms with Gasteiger partial charge in [0.1, 0.15) is 0 Å². The summed E-state index contributed by atoms with van der Waals surface area (Å²) in [7, 11) is 0. The first-order chi connectivity index (χ1) is 10.6. The van der Waals surface area contributed by atoms with Crippen LogP contribution in [0.15, 0.2) is 24.3 Å². The fourth-order valence-electron chi connectivity index (χ4n) is 1.68. The number of hydrogen-bond donors (Lipinski definition) is 2. The van der Waals surface area contributed by atoms with E-state index in [1.807, 2.05) is 26.0 Å². The molecular weight excluding hydrogens is 284 g/mol. The molecule has 6 nitrogen and oxygen atoms in total. The lowest BCUT2D eigenvalue weighted by Gasteiger charge is -2.07. The van der Waals surface area contributed by atoms with Crippen molar-refractivity contribution in [3.05, 3.63) is 35.4 Å². The summed E-state index contributed by atoms with van der Waals surface area (Å²) >= 11 is 0. The van der Waals surface area contributed by atoms with Crippen molar-refractivity contribution in [1.82, 2.24) is 10.6 Å². The quantitative estimate of drug-likeness (QED) is 0.596. The molecule has 1 rings (SSSR count). The van der Waals surface area contributed by atoms with Crippen LogP contribution in [-0.4, -0.2) is 31.1 Å². The van der Waals surface area contributed by atoms with Crippen molar-refractivity contribution in [2.45, 2.75) is 33.1 Å². The molecule has 22 heavy (non-hydrogen) atoms. The third-order valence-electron chi connectivity index (χ3n) is 3.00. The average Bonchev–Trinajstić information content (AvgIpc) is 2.53. The fourth-order valence-corrected chi connectivity index (χ4v) is 1.68. The molecule has 0 saturated heterocycles. The fraction of sp³-hybridized carbons (Fsp3) is 0.438. The van der Waals surface area contributed by atoms with E-state index in [1.54, 1.807) is 12.1 Å². The largest absolute Gasteiger partial charge is 0.452 e. The van der Waals surface area contributed by atoms with Crippen LogP contribution in [0.4, 0.5) is 4.79 Å². The monoisotopic (exact) mass is 306 g/mol. The van der Waals surface area contributed by atoms with Gasteiger partial charge in [0.15, 0.2) is 6.61 Å². The van der Waals surface area contributed by atoms with Crippen LogP contribution in [0, 0.1) is 0 Å². The summed E-state index contributed by atoms with van der Waals surface area (Å²) in [4.78, 5) is 34.5. The molecule has 6 heteroatoms. The van der Waals surface area contributed by atoms with Crippen molar-refractivity contribution >= 4 is 17.9 Å². The molecule has 2 N–H and O–H groups in total. The Labute approximate surface area is 130 Å². The van der Waals surface area contributed by atoms with Crippen LogP contribution in [0.2, 0.25) is 0 Å². The van der Waals surface area contributed by atoms with Crippen molar-refractivity contribution in [1.29, 1.82) is 0 Å². The summed E-state index contributed by atoms with van der Waals surface area (Å²) in [5.74, 6) is -1.25. The molecular formula is C16H22N2O4. The number of rotatable bonds is 7. The van der Waals surface area contributed by atoms with E-state index >= 15 is 0 Å². The second kappa shape index (κ2) is 9.55. The Bertz CT molecular complexity index is 511. The maximum Gasteiger partial charge on any atom is 0.338 e. The topological polar surface area (TPSA) is 84.5 Å². The zero-order chi connectivity index (χ0) is 16.4. The molecule has 0 saturated carbocycles. The van der Waals surface area contributed by atoms with E-state index in [9.17, 15) is 14.4 Å². The molecule has 1 aromatic carbocycles. The van der Waals surface area contributed by atoms with Gasteiger partial charge in [0, 0.05) is 6.54 Å². The Morgan fingerprint density at radius 2 is 1.77 bits per heavy atom. The molecule has 0 aliphatic rings. The smallest absolute Gasteiger partial charge is 0.338 e. The zero-order valence-electron chi connectivity index (χ0n) is 13.0. The van der Waals surface area contributed by atoms with Crippen LogP contribution < -0.4 is 10.6 Å². The van der Waals surface area contributed by atoms with Crippen LogP contribution >= 0.6 is 0 Å². The number of hydrogen-bond acceptors (Lipinski definition) is 4. The second-order valence-electron chi connectivity index (χ2n) is 4.78. The number of amides is 3. The number of nitrogens with one attached hydrogen (secondary N) is 2. The van der Waals surface area contributed by atoms with Gasteiger partial charge in [0.2, 0.25) is 0 Å². The van der Waals surface area contributed by atoms with Gasteiger partial charge in [-0.15, -0.1) is 0 Å². The first kappa shape index (κ1) is 17.7. The van der Waals surface area contributed by atoms with Gasteiger partial charge in [-0.1, -0.05) is 32.4 Å². The third kappa shape index (κ3) is 6.39. The van der Waals surface area contributed by atoms with Crippen molar-refractivity contribution in [2.75, 3.05) is 13.2 Å². The van der Waals surface area contributed by atoms with Crippen molar-refractivity contribution in [2.24, 2.45) is 0 Å². The van der Waals surface area contributed by atoms with Crippen LogP contribution in [0.3, 0.4) is 0 Å². The minimum atomic E-state index is -0.660. The molecule has 0 radical (unpaired) electrons. The number of carbonyl (C=O) groups is 3. The standard InChI is InChI=1S/C16H22N2O4/c1-3-5-10-17-16(21)18-14(19)11-22-15(20)13-8-6-12(4-2)7-9-13/h6-9H,3-5,10-11H2,1-2H3,(H2,17,18,19,21). The predicted molar refractivity (Wildman–Crippen MR) is 82.6 cm³/mol. The van der Waals surface area contributed by atoms with E-state index in [-0.39, 0.29) is 0 Å². The number of benzene rings is 1. The molecule has 0 aliphatic carbocycles. The van der Waals surface area contributed by atoms with Gasteiger partial charge in [0.25, 0.3) is 5.91 Å². The normalized spacial score (nSPS) is 9.91. The highest BCUT2D eigenvalue weighted by atomic mass is 16.5. The molecule has 0 aliphatic heterocycles. The maximum absolute atomic E-state index is 11.7. The van der Waals surface area contributed by atoms with Crippen molar-refractivity contribution in [3.63, 3.8) is 0 Å². The second-order valence-corrected chi connectivity index (χ2v) is 4.78. The van der Waals surface area contributed by atoms with Crippen LogP contribution in [-0.2, 0) is 16.0 Å². The summed E-state index contributed by atoms with van der Waals surface area (Å²) in [6.45, 7) is 4.02. The van der Waals surface area contributed by atoms with Gasteiger partial charge in [0.05, 0.1) is 5.56 Å². The van der Waals surface area contributed by atoms with E-state index in [0.29, 0.717) is 12.1 Å². The molecule has 0 bridgehead atoms. The Balaban J connectivity index is 2.33. The number of aryl methyl sites for hydroxylation is 1. The number of ether oxygens (including phenoxy) is 1. The Kier molecular flexibility index (Phi) is 7.67. The average molecular weight is 306 g/mol. The highest BCUT2D eigenvalue weighted by molar-refractivity contribution is 5.96. The predicted octanol–water partition coefficient (Wildman–Crippen LogP) is 2.03. The van der Waals surface area contributed by atoms with Crippen LogP contribution in [0.25, 0.3) is 0 Å². The van der Waals surface area contributed by atoms with Crippen LogP contribution in [0.1, 0.15) is 42.6 Å². The Hall–Kier alpha value is -2.37. The molecule has 0 spiro atoms. The summed E-state index contributed by atoms with van der Waals surface area (Å²) in [5, 5.41) is 4.63. The van der Waals surface area contributed by atoms with Crippen molar-refractivity contribution < 1.29 is 19.1 Å². The maximum atomic E-state index is 11.7. The first-order valence-corrected chi connectivity index (χ1v) is 7.40. The van der Waals surface area contributed by atoms with E-state index in [4.69, 9.17) is 4.74 Å². The van der Waals surface area contributed by atoms with Gasteiger partial charge in [-0.05, 0) is 30.5 Å². The molecule has 0 unspecified atom stereocenters. The summed E-state index contributed by atoms with van der Waals surface area (Å²) in [5.41, 5.74) is 1.48. The highest BCUT2D eigenvalue weighted by Crippen LogP contribution is 2.06. The van der Waals surface area contributed by atoms with E-state index in [0.717, 1.165) is 24.8 Å². The van der Waals surface area contributed by atoms with Gasteiger partial charge in [-0.25, -0.2) is 9.59 Å². The number of unbranched alkanes of at least 4 members (excludes halogenated alkanes) is 1. The molecule has 0 aromatic heterocycles. The van der Waals surface area contributed by atoms with E-state index in [1.165, 1.54) is 0 Å². The number of imide groups is 1. The molecule has 0 heterocycles. The zero-order valence-corrected chi connectivity index (χ0v) is 13.0. The van der Waals surface area contributed by atoms with Gasteiger partial charge in [-0.3, -0.25) is 10.1 Å². The lowest BCUT2D eigenvalue weighted by Crippen LogP contribution is -2.41. The van der Waals surface area contributed by atoms with Gasteiger partial charge < -0.3 is 10.1 Å². The molecule has 0 fully saturated rings. The lowest BCUT2D eigenvalue weighted by atomic mass is 10.1. The van der Waals surface area contributed by atoms with Crippen molar-refractivity contribution in [3.8, 4) is 0 Å². The molecule has 120 valence electrons. The van der Waals surface area contributed by atoms with E-state index < -0.39 is 24.5 Å². The number of carbonyl (C=O) groups excluding carboxylic acids is 3. The van der Waals surface area contributed by atoms with Gasteiger partial charge >= 0.3 is 12.0 Å².